The predicted molar refractivity (Wildman–Crippen MR) is 71.8 cm³/mol. The monoisotopic (exact) mass is 281 g/mol. The summed E-state index contributed by atoms with van der Waals surface area (Å²) in [5.41, 5.74) is 5.69. The zero-order valence-corrected chi connectivity index (χ0v) is 10.7. The van der Waals surface area contributed by atoms with Crippen LogP contribution in [0.15, 0.2) is 36.5 Å². The van der Waals surface area contributed by atoms with Gasteiger partial charge in [-0.1, -0.05) is 23.2 Å². The first kappa shape index (κ1) is 12.7. The number of amidine groups is 1. The van der Waals surface area contributed by atoms with Crippen molar-refractivity contribution in [3.8, 4) is 11.5 Å². The SMILES string of the molecule is N=C(N)c1ccc(Oc2cc(Cl)ccc2Cl)cn1. The van der Waals surface area contributed by atoms with Gasteiger partial charge in [0.2, 0.25) is 0 Å². The van der Waals surface area contributed by atoms with Crippen LogP contribution in [0.4, 0.5) is 0 Å². The van der Waals surface area contributed by atoms with Crippen LogP contribution in [0.1, 0.15) is 5.69 Å². The van der Waals surface area contributed by atoms with Gasteiger partial charge in [-0.15, -0.1) is 0 Å². The fourth-order valence-corrected chi connectivity index (χ4v) is 1.60. The Hall–Kier alpha value is -1.78. The van der Waals surface area contributed by atoms with E-state index in [-0.39, 0.29) is 5.84 Å². The molecule has 4 nitrogen and oxygen atoms in total. The molecule has 0 aliphatic heterocycles. The third kappa shape index (κ3) is 2.91. The molecule has 18 heavy (non-hydrogen) atoms. The zero-order valence-electron chi connectivity index (χ0n) is 9.15. The molecule has 1 aromatic heterocycles. The van der Waals surface area contributed by atoms with Crippen molar-refractivity contribution in [2.24, 2.45) is 5.73 Å². The molecule has 1 heterocycles. The molecule has 1 aromatic carbocycles. The summed E-state index contributed by atoms with van der Waals surface area (Å²) in [6.07, 6.45) is 1.47. The first-order chi connectivity index (χ1) is 8.56. The maximum absolute atomic E-state index is 7.23. The summed E-state index contributed by atoms with van der Waals surface area (Å²) < 4.78 is 5.53. The van der Waals surface area contributed by atoms with Crippen LogP contribution in [0.3, 0.4) is 0 Å². The molecule has 0 aliphatic rings. The topological polar surface area (TPSA) is 72.0 Å². The van der Waals surface area contributed by atoms with Crippen LogP contribution >= 0.6 is 23.2 Å². The minimum absolute atomic E-state index is 0.0951. The number of nitrogen functional groups attached to an aromatic ring is 1. The molecule has 92 valence electrons. The Morgan fingerprint density at radius 2 is 2.00 bits per heavy atom. The van der Waals surface area contributed by atoms with Gasteiger partial charge in [0.05, 0.1) is 11.2 Å². The minimum Gasteiger partial charge on any atom is -0.454 e. The Bertz CT molecular complexity index is 584. The maximum Gasteiger partial charge on any atom is 0.147 e. The third-order valence-electron chi connectivity index (χ3n) is 2.13. The fraction of sp³-hybridized carbons (Fsp3) is 0. The molecule has 0 spiro atoms. The molecule has 0 aliphatic carbocycles. The molecular weight excluding hydrogens is 273 g/mol. The highest BCUT2D eigenvalue weighted by Crippen LogP contribution is 2.31. The summed E-state index contributed by atoms with van der Waals surface area (Å²) in [5.74, 6) is 0.841. The molecule has 0 saturated heterocycles. The van der Waals surface area contributed by atoms with E-state index in [2.05, 4.69) is 4.98 Å². The van der Waals surface area contributed by atoms with E-state index in [1.165, 1.54) is 6.20 Å². The van der Waals surface area contributed by atoms with Gasteiger partial charge in [-0.05, 0) is 24.3 Å². The average molecular weight is 282 g/mol. The summed E-state index contributed by atoms with van der Waals surface area (Å²) in [6, 6.07) is 8.18. The normalized spacial score (nSPS) is 10.1. The van der Waals surface area contributed by atoms with Gasteiger partial charge in [0, 0.05) is 11.1 Å². The molecule has 0 atom stereocenters. The Kier molecular flexibility index (Phi) is 3.69. The van der Waals surface area contributed by atoms with Crippen LogP contribution in [0.2, 0.25) is 10.0 Å². The molecule has 3 N–H and O–H groups in total. The number of rotatable bonds is 3. The van der Waals surface area contributed by atoms with Crippen LogP contribution in [-0.4, -0.2) is 10.8 Å². The number of nitrogens with two attached hydrogens (primary N) is 1. The minimum atomic E-state index is -0.0951. The fourth-order valence-electron chi connectivity index (χ4n) is 1.28. The second-order valence-electron chi connectivity index (χ2n) is 3.47. The quantitative estimate of drug-likeness (QED) is 0.668. The molecule has 0 amide bonds. The Morgan fingerprint density at radius 1 is 1.22 bits per heavy atom. The van der Waals surface area contributed by atoms with Gasteiger partial charge in [0.15, 0.2) is 0 Å². The molecule has 0 fully saturated rings. The lowest BCUT2D eigenvalue weighted by molar-refractivity contribution is 0.480. The largest absolute Gasteiger partial charge is 0.454 e. The molecule has 6 heteroatoms. The van der Waals surface area contributed by atoms with E-state index in [0.29, 0.717) is 27.2 Å². The smallest absolute Gasteiger partial charge is 0.147 e. The second kappa shape index (κ2) is 5.25. The van der Waals surface area contributed by atoms with Crippen molar-refractivity contribution < 1.29 is 4.74 Å². The average Bonchev–Trinajstić information content (AvgIpc) is 2.34. The van der Waals surface area contributed by atoms with E-state index in [9.17, 15) is 0 Å². The van der Waals surface area contributed by atoms with Crippen molar-refractivity contribution in [2.45, 2.75) is 0 Å². The number of nitrogens with one attached hydrogen (secondary N) is 1. The number of halogens is 2. The van der Waals surface area contributed by atoms with Crippen molar-refractivity contribution in [2.75, 3.05) is 0 Å². The summed E-state index contributed by atoms with van der Waals surface area (Å²) in [6.45, 7) is 0. The molecule has 0 saturated carbocycles. The van der Waals surface area contributed by atoms with Crippen molar-refractivity contribution in [1.82, 2.24) is 4.98 Å². The highest BCUT2D eigenvalue weighted by molar-refractivity contribution is 6.34. The number of hydrogen-bond acceptors (Lipinski definition) is 3. The lowest BCUT2D eigenvalue weighted by Gasteiger charge is -2.07. The molecular formula is C12H9Cl2N3O. The van der Waals surface area contributed by atoms with Gasteiger partial charge in [-0.2, -0.15) is 0 Å². The number of nitrogens with zero attached hydrogens (tertiary/aromatic N) is 1. The highest BCUT2D eigenvalue weighted by Gasteiger charge is 2.05. The highest BCUT2D eigenvalue weighted by atomic mass is 35.5. The molecule has 0 unspecified atom stereocenters. The second-order valence-corrected chi connectivity index (χ2v) is 4.31. The summed E-state index contributed by atoms with van der Waals surface area (Å²) in [7, 11) is 0. The molecule has 2 rings (SSSR count). The van der Waals surface area contributed by atoms with E-state index in [0.717, 1.165) is 0 Å². The van der Waals surface area contributed by atoms with E-state index in [1.807, 2.05) is 0 Å². The molecule has 0 bridgehead atoms. The van der Waals surface area contributed by atoms with Gasteiger partial charge >= 0.3 is 0 Å². The van der Waals surface area contributed by atoms with Gasteiger partial charge < -0.3 is 10.5 Å². The van der Waals surface area contributed by atoms with Crippen molar-refractivity contribution in [1.29, 1.82) is 5.41 Å². The summed E-state index contributed by atoms with van der Waals surface area (Å²) in [4.78, 5) is 3.98. The number of hydrogen-bond donors (Lipinski definition) is 2. The third-order valence-corrected chi connectivity index (χ3v) is 2.68. The molecule has 0 radical (unpaired) electrons. The lowest BCUT2D eigenvalue weighted by atomic mass is 10.3. The van der Waals surface area contributed by atoms with E-state index in [4.69, 9.17) is 39.1 Å². The van der Waals surface area contributed by atoms with Crippen LogP contribution in [0, 0.1) is 5.41 Å². The maximum atomic E-state index is 7.23. The van der Waals surface area contributed by atoms with E-state index < -0.39 is 0 Å². The van der Waals surface area contributed by atoms with Gasteiger partial charge in [0.25, 0.3) is 0 Å². The van der Waals surface area contributed by atoms with Crippen LogP contribution < -0.4 is 10.5 Å². The lowest BCUT2D eigenvalue weighted by Crippen LogP contribution is -2.12. The summed E-state index contributed by atoms with van der Waals surface area (Å²) in [5, 5.41) is 8.21. The van der Waals surface area contributed by atoms with Gasteiger partial charge in [-0.3, -0.25) is 5.41 Å². The summed E-state index contributed by atoms with van der Waals surface area (Å²) >= 11 is 11.8. The van der Waals surface area contributed by atoms with E-state index >= 15 is 0 Å². The zero-order chi connectivity index (χ0) is 13.1. The van der Waals surface area contributed by atoms with Crippen LogP contribution in [0.25, 0.3) is 0 Å². The standard InChI is InChI=1S/C12H9Cl2N3O/c13-7-1-3-9(14)11(5-7)18-8-2-4-10(12(15)16)17-6-8/h1-6H,(H3,15,16). The molecule has 2 aromatic rings. The first-order valence-electron chi connectivity index (χ1n) is 4.99. The number of pyridine rings is 1. The van der Waals surface area contributed by atoms with Gasteiger partial charge in [-0.25, -0.2) is 4.98 Å². The number of aromatic nitrogens is 1. The van der Waals surface area contributed by atoms with Crippen molar-refractivity contribution in [3.05, 3.63) is 52.3 Å². The van der Waals surface area contributed by atoms with Gasteiger partial charge in [0.1, 0.15) is 23.0 Å². The van der Waals surface area contributed by atoms with Crippen LogP contribution in [0.5, 0.6) is 11.5 Å². The first-order valence-corrected chi connectivity index (χ1v) is 5.75. The van der Waals surface area contributed by atoms with Crippen molar-refractivity contribution >= 4 is 29.0 Å². The Balaban J connectivity index is 2.23. The van der Waals surface area contributed by atoms with E-state index in [1.54, 1.807) is 30.3 Å². The van der Waals surface area contributed by atoms with Crippen molar-refractivity contribution in [3.63, 3.8) is 0 Å². The predicted octanol–water partition coefficient (Wildman–Crippen LogP) is 3.46. The Morgan fingerprint density at radius 3 is 2.61 bits per heavy atom. The number of ether oxygens (including phenoxy) is 1. The number of benzene rings is 1. The Labute approximate surface area is 114 Å². The van der Waals surface area contributed by atoms with Crippen LogP contribution in [-0.2, 0) is 0 Å².